The van der Waals surface area contributed by atoms with Gasteiger partial charge in [0.2, 0.25) is 5.91 Å². The monoisotopic (exact) mass is 389 g/mol. The SMILES string of the molecule is COc1cccc(CCC(=O)N(Cc2ccccc2)Cc2ccccc2)c1OC. The van der Waals surface area contributed by atoms with Gasteiger partial charge in [-0.2, -0.15) is 0 Å². The van der Waals surface area contributed by atoms with E-state index < -0.39 is 0 Å². The molecule has 0 unspecified atom stereocenters. The van der Waals surface area contributed by atoms with E-state index in [1.165, 1.54) is 0 Å². The summed E-state index contributed by atoms with van der Waals surface area (Å²) in [7, 11) is 3.24. The number of carbonyl (C=O) groups is 1. The van der Waals surface area contributed by atoms with Gasteiger partial charge in [-0.15, -0.1) is 0 Å². The molecule has 1 amide bonds. The molecule has 0 saturated heterocycles. The Bertz CT molecular complexity index is 868. The van der Waals surface area contributed by atoms with Gasteiger partial charge < -0.3 is 14.4 Å². The number of hydrogen-bond acceptors (Lipinski definition) is 3. The molecule has 3 aromatic carbocycles. The third-order valence-corrected chi connectivity index (χ3v) is 4.88. The summed E-state index contributed by atoms with van der Waals surface area (Å²) >= 11 is 0. The van der Waals surface area contributed by atoms with Crippen LogP contribution in [0.25, 0.3) is 0 Å². The quantitative estimate of drug-likeness (QED) is 0.524. The van der Waals surface area contributed by atoms with Gasteiger partial charge in [0.1, 0.15) is 0 Å². The zero-order valence-electron chi connectivity index (χ0n) is 17.0. The Labute approximate surface area is 172 Å². The summed E-state index contributed by atoms with van der Waals surface area (Å²) in [5, 5.41) is 0. The van der Waals surface area contributed by atoms with E-state index in [9.17, 15) is 4.79 Å². The lowest BCUT2D eigenvalue weighted by molar-refractivity contribution is -0.132. The van der Waals surface area contributed by atoms with E-state index in [1.807, 2.05) is 59.5 Å². The number of ether oxygens (including phenoxy) is 2. The fourth-order valence-corrected chi connectivity index (χ4v) is 3.39. The Morgan fingerprint density at radius 2 is 1.34 bits per heavy atom. The van der Waals surface area contributed by atoms with E-state index in [0.29, 0.717) is 37.4 Å². The summed E-state index contributed by atoms with van der Waals surface area (Å²) in [6.07, 6.45) is 1.00. The first-order valence-electron chi connectivity index (χ1n) is 9.76. The summed E-state index contributed by atoms with van der Waals surface area (Å²) in [6.45, 7) is 1.17. The molecule has 0 aliphatic carbocycles. The fraction of sp³-hybridized carbons (Fsp3) is 0.240. The van der Waals surface area contributed by atoms with Crippen molar-refractivity contribution < 1.29 is 14.3 Å². The number of carbonyl (C=O) groups excluding carboxylic acids is 1. The molecule has 0 heterocycles. The van der Waals surface area contributed by atoms with Gasteiger partial charge >= 0.3 is 0 Å². The van der Waals surface area contributed by atoms with E-state index in [1.54, 1.807) is 14.2 Å². The van der Waals surface area contributed by atoms with Crippen molar-refractivity contribution in [1.82, 2.24) is 4.90 Å². The molecule has 150 valence electrons. The van der Waals surface area contributed by atoms with Crippen molar-refractivity contribution in [2.45, 2.75) is 25.9 Å². The molecular weight excluding hydrogens is 362 g/mol. The van der Waals surface area contributed by atoms with Crippen LogP contribution in [-0.2, 0) is 24.3 Å². The summed E-state index contributed by atoms with van der Waals surface area (Å²) < 4.78 is 10.9. The highest BCUT2D eigenvalue weighted by atomic mass is 16.5. The average molecular weight is 389 g/mol. The smallest absolute Gasteiger partial charge is 0.223 e. The molecule has 0 aliphatic rings. The van der Waals surface area contributed by atoms with Crippen molar-refractivity contribution in [1.29, 1.82) is 0 Å². The molecule has 0 bridgehead atoms. The Morgan fingerprint density at radius 1 is 0.759 bits per heavy atom. The minimum Gasteiger partial charge on any atom is -0.493 e. The molecule has 4 nitrogen and oxygen atoms in total. The van der Waals surface area contributed by atoms with E-state index in [2.05, 4.69) is 24.3 Å². The minimum atomic E-state index is 0.113. The lowest BCUT2D eigenvalue weighted by Crippen LogP contribution is -2.30. The average Bonchev–Trinajstić information content (AvgIpc) is 2.78. The van der Waals surface area contributed by atoms with Crippen molar-refractivity contribution in [2.24, 2.45) is 0 Å². The number of methoxy groups -OCH3 is 2. The third kappa shape index (κ3) is 5.61. The first-order chi connectivity index (χ1) is 14.2. The van der Waals surface area contributed by atoms with E-state index in [-0.39, 0.29) is 5.91 Å². The van der Waals surface area contributed by atoms with Crippen LogP contribution in [0.2, 0.25) is 0 Å². The molecular formula is C25H27NO3. The highest BCUT2D eigenvalue weighted by Crippen LogP contribution is 2.31. The van der Waals surface area contributed by atoms with Gasteiger partial charge in [-0.25, -0.2) is 0 Å². The van der Waals surface area contributed by atoms with Crippen LogP contribution in [0.1, 0.15) is 23.1 Å². The predicted molar refractivity (Wildman–Crippen MR) is 115 cm³/mol. The van der Waals surface area contributed by atoms with Gasteiger partial charge in [-0.1, -0.05) is 72.8 Å². The molecule has 0 saturated carbocycles. The van der Waals surface area contributed by atoms with Gasteiger partial charge in [0, 0.05) is 19.5 Å². The molecule has 0 spiro atoms. The highest BCUT2D eigenvalue weighted by molar-refractivity contribution is 5.76. The van der Waals surface area contributed by atoms with Gasteiger partial charge in [0.15, 0.2) is 11.5 Å². The molecule has 4 heteroatoms. The first-order valence-corrected chi connectivity index (χ1v) is 9.76. The Balaban J connectivity index is 1.74. The van der Waals surface area contributed by atoms with Crippen LogP contribution in [0.3, 0.4) is 0 Å². The molecule has 29 heavy (non-hydrogen) atoms. The standard InChI is InChI=1S/C25H27NO3/c1-28-23-15-9-14-22(25(23)29-2)16-17-24(27)26(18-20-10-5-3-6-11-20)19-21-12-7-4-8-13-21/h3-15H,16-19H2,1-2H3. The number of rotatable bonds is 9. The minimum absolute atomic E-state index is 0.113. The normalized spacial score (nSPS) is 10.4. The van der Waals surface area contributed by atoms with Crippen LogP contribution in [0.5, 0.6) is 11.5 Å². The fourth-order valence-electron chi connectivity index (χ4n) is 3.39. The largest absolute Gasteiger partial charge is 0.493 e. The zero-order chi connectivity index (χ0) is 20.5. The number of hydrogen-bond donors (Lipinski definition) is 0. The van der Waals surface area contributed by atoms with Gasteiger partial charge in [0.05, 0.1) is 14.2 Å². The van der Waals surface area contributed by atoms with Crippen LogP contribution >= 0.6 is 0 Å². The molecule has 0 fully saturated rings. The third-order valence-electron chi connectivity index (χ3n) is 4.88. The molecule has 0 N–H and O–H groups in total. The summed E-state index contributed by atoms with van der Waals surface area (Å²) in [5.41, 5.74) is 3.21. The molecule has 0 aromatic heterocycles. The number of nitrogens with zero attached hydrogens (tertiary/aromatic N) is 1. The second-order valence-electron chi connectivity index (χ2n) is 6.87. The van der Waals surface area contributed by atoms with Crippen molar-refractivity contribution in [3.8, 4) is 11.5 Å². The second-order valence-corrected chi connectivity index (χ2v) is 6.87. The molecule has 0 aliphatic heterocycles. The van der Waals surface area contributed by atoms with Crippen molar-refractivity contribution in [3.05, 3.63) is 95.6 Å². The Morgan fingerprint density at radius 3 is 1.86 bits per heavy atom. The van der Waals surface area contributed by atoms with Gasteiger partial charge in [0.25, 0.3) is 0 Å². The van der Waals surface area contributed by atoms with Gasteiger partial charge in [-0.3, -0.25) is 4.79 Å². The van der Waals surface area contributed by atoms with Gasteiger partial charge in [-0.05, 0) is 29.2 Å². The van der Waals surface area contributed by atoms with Crippen LogP contribution < -0.4 is 9.47 Å². The first kappa shape index (κ1) is 20.5. The van der Waals surface area contributed by atoms with E-state index in [4.69, 9.17) is 9.47 Å². The van der Waals surface area contributed by atoms with Crippen LogP contribution in [0, 0.1) is 0 Å². The van der Waals surface area contributed by atoms with Crippen molar-refractivity contribution in [3.63, 3.8) is 0 Å². The Hall–Kier alpha value is -3.27. The van der Waals surface area contributed by atoms with Crippen LogP contribution in [0.15, 0.2) is 78.9 Å². The van der Waals surface area contributed by atoms with Crippen LogP contribution in [0.4, 0.5) is 0 Å². The second kappa shape index (κ2) is 10.3. The number of benzene rings is 3. The lowest BCUT2D eigenvalue weighted by atomic mass is 10.1. The van der Waals surface area contributed by atoms with E-state index >= 15 is 0 Å². The summed E-state index contributed by atoms with van der Waals surface area (Å²) in [5.74, 6) is 1.49. The lowest BCUT2D eigenvalue weighted by Gasteiger charge is -2.23. The number of aryl methyl sites for hydroxylation is 1. The molecule has 3 aromatic rings. The Kier molecular flexibility index (Phi) is 7.28. The zero-order valence-corrected chi connectivity index (χ0v) is 17.0. The topological polar surface area (TPSA) is 38.8 Å². The maximum Gasteiger partial charge on any atom is 0.223 e. The van der Waals surface area contributed by atoms with Crippen LogP contribution in [-0.4, -0.2) is 25.0 Å². The van der Waals surface area contributed by atoms with Crippen molar-refractivity contribution >= 4 is 5.91 Å². The highest BCUT2D eigenvalue weighted by Gasteiger charge is 2.17. The molecule has 0 radical (unpaired) electrons. The number of para-hydroxylation sites is 1. The summed E-state index contributed by atoms with van der Waals surface area (Å²) in [4.78, 5) is 15.0. The predicted octanol–water partition coefficient (Wildman–Crippen LogP) is 4.87. The molecule has 0 atom stereocenters. The summed E-state index contributed by atoms with van der Waals surface area (Å²) in [6, 6.07) is 26.0. The van der Waals surface area contributed by atoms with Crippen molar-refractivity contribution in [2.75, 3.05) is 14.2 Å². The molecule has 3 rings (SSSR count). The maximum absolute atomic E-state index is 13.1. The number of amides is 1. The maximum atomic E-state index is 13.1. The van der Waals surface area contributed by atoms with E-state index in [0.717, 1.165) is 16.7 Å².